The molecule has 2 fully saturated rings. The summed E-state index contributed by atoms with van der Waals surface area (Å²) in [5, 5.41) is 1.32. The Balaban J connectivity index is 1.67. The summed E-state index contributed by atoms with van der Waals surface area (Å²) in [6, 6.07) is 20.1. The van der Waals surface area contributed by atoms with Gasteiger partial charge in [-0.3, -0.25) is 14.2 Å². The standard InChI is InChI=1S/C36H35ClN4O2/c1-6-33(42)39-17-18-40(23(4)21-39)35-29-19-30(37)28(27-13-8-7-12-26(27)24-15-16-24)20-32(29)41(36(43)34(35)38-5)31-14-10-9-11-25(31)22(2)3/h6-14,19-20,22-24H,1,15-18,21H2,2-4H3/t23-/m0/s1. The molecule has 1 amide bonds. The van der Waals surface area contributed by atoms with Gasteiger partial charge >= 0.3 is 0 Å². The van der Waals surface area contributed by atoms with Crippen LogP contribution in [-0.4, -0.2) is 41.1 Å². The van der Waals surface area contributed by atoms with Crippen LogP contribution in [-0.2, 0) is 4.79 Å². The molecule has 1 saturated heterocycles. The van der Waals surface area contributed by atoms with Crippen molar-refractivity contribution in [2.24, 2.45) is 0 Å². The van der Waals surface area contributed by atoms with Crippen molar-refractivity contribution in [1.29, 1.82) is 0 Å². The summed E-state index contributed by atoms with van der Waals surface area (Å²) in [7, 11) is 0. The largest absolute Gasteiger partial charge is 0.373 e. The molecule has 7 heteroatoms. The number of amides is 1. The molecule has 6 nitrogen and oxygen atoms in total. The van der Waals surface area contributed by atoms with Gasteiger partial charge < -0.3 is 9.80 Å². The number of rotatable bonds is 6. The lowest BCUT2D eigenvalue weighted by Gasteiger charge is -2.42. The summed E-state index contributed by atoms with van der Waals surface area (Å²) in [6.07, 6.45) is 3.65. The van der Waals surface area contributed by atoms with Gasteiger partial charge in [0.05, 0.1) is 23.5 Å². The first-order valence-corrected chi connectivity index (χ1v) is 15.3. The van der Waals surface area contributed by atoms with E-state index in [-0.39, 0.29) is 29.1 Å². The SMILES string of the molecule is [C-]#[N+]c1c(N2CCN(C(=O)C=C)C[C@@H]2C)c2cc(Cl)c(-c3ccccc3C3CC3)cc2n(-c2ccccc2C(C)C)c1=O. The van der Waals surface area contributed by atoms with Crippen LogP contribution in [0.1, 0.15) is 56.6 Å². The number of hydrogen-bond acceptors (Lipinski definition) is 3. The van der Waals surface area contributed by atoms with Crippen LogP contribution >= 0.6 is 11.6 Å². The van der Waals surface area contributed by atoms with Crippen molar-refractivity contribution in [1.82, 2.24) is 9.47 Å². The van der Waals surface area contributed by atoms with E-state index in [1.165, 1.54) is 11.6 Å². The van der Waals surface area contributed by atoms with Gasteiger partial charge in [-0.1, -0.05) is 74.5 Å². The zero-order valence-electron chi connectivity index (χ0n) is 24.8. The number of fused-ring (bicyclic) bond motifs is 1. The van der Waals surface area contributed by atoms with Crippen LogP contribution in [0, 0.1) is 6.57 Å². The number of benzene rings is 3. The van der Waals surface area contributed by atoms with Crippen LogP contribution < -0.4 is 10.5 Å². The van der Waals surface area contributed by atoms with E-state index in [9.17, 15) is 9.59 Å². The summed E-state index contributed by atoms with van der Waals surface area (Å²) in [6.45, 7) is 19.5. The number of para-hydroxylation sites is 1. The van der Waals surface area contributed by atoms with E-state index in [2.05, 4.69) is 48.4 Å². The second-order valence-electron chi connectivity index (χ2n) is 11.9. The maximum Gasteiger partial charge on any atom is 0.274 e. The Hall–Kier alpha value is -4.34. The van der Waals surface area contributed by atoms with Gasteiger partial charge in [0.25, 0.3) is 11.2 Å². The third-order valence-corrected chi connectivity index (χ3v) is 9.10. The number of carbonyl (C=O) groups excluding carboxylic acids is 1. The van der Waals surface area contributed by atoms with Crippen LogP contribution in [0.15, 0.2) is 78.1 Å². The van der Waals surface area contributed by atoms with Gasteiger partial charge in [0.1, 0.15) is 0 Å². The second-order valence-corrected chi connectivity index (χ2v) is 12.3. The number of nitrogens with zero attached hydrogens (tertiary/aromatic N) is 4. The highest BCUT2D eigenvalue weighted by molar-refractivity contribution is 6.34. The predicted octanol–water partition coefficient (Wildman–Crippen LogP) is 8.09. The number of aromatic nitrogens is 1. The molecule has 0 radical (unpaired) electrons. The molecular formula is C36H35ClN4O2. The third-order valence-electron chi connectivity index (χ3n) is 8.79. The highest BCUT2D eigenvalue weighted by Gasteiger charge is 2.32. The Morgan fingerprint density at radius 1 is 1.07 bits per heavy atom. The van der Waals surface area contributed by atoms with Gasteiger partial charge in [-0.05, 0) is 72.6 Å². The fourth-order valence-electron chi connectivity index (χ4n) is 6.51. The number of hydrogen-bond donors (Lipinski definition) is 0. The van der Waals surface area contributed by atoms with Crippen LogP contribution in [0.2, 0.25) is 5.02 Å². The summed E-state index contributed by atoms with van der Waals surface area (Å²) in [4.78, 5) is 34.6. The maximum absolute atomic E-state index is 14.5. The fraction of sp³-hybridized carbons (Fsp3) is 0.306. The van der Waals surface area contributed by atoms with Gasteiger partial charge in [0.2, 0.25) is 5.91 Å². The summed E-state index contributed by atoms with van der Waals surface area (Å²) < 4.78 is 1.71. The minimum absolute atomic E-state index is 0.0589. The first kappa shape index (κ1) is 28.8. The molecule has 43 heavy (non-hydrogen) atoms. The van der Waals surface area contributed by atoms with Crippen LogP contribution in [0.5, 0.6) is 0 Å². The highest BCUT2D eigenvalue weighted by Crippen LogP contribution is 2.47. The zero-order chi connectivity index (χ0) is 30.4. The van der Waals surface area contributed by atoms with E-state index in [0.717, 1.165) is 40.6 Å². The van der Waals surface area contributed by atoms with Gasteiger partial charge in [-0.15, -0.1) is 0 Å². The summed E-state index contributed by atoms with van der Waals surface area (Å²) in [5.74, 6) is 0.554. The molecule has 218 valence electrons. The van der Waals surface area contributed by atoms with E-state index < -0.39 is 0 Å². The Labute approximate surface area is 257 Å². The Morgan fingerprint density at radius 2 is 1.79 bits per heavy atom. The van der Waals surface area contributed by atoms with Crippen molar-refractivity contribution in [3.63, 3.8) is 0 Å². The lowest BCUT2D eigenvalue weighted by Crippen LogP contribution is -2.53. The zero-order valence-corrected chi connectivity index (χ0v) is 25.6. The van der Waals surface area contributed by atoms with Gasteiger partial charge in [0, 0.05) is 41.6 Å². The first-order chi connectivity index (χ1) is 20.7. The first-order valence-electron chi connectivity index (χ1n) is 14.9. The van der Waals surface area contributed by atoms with E-state index in [1.807, 2.05) is 49.4 Å². The molecule has 3 aromatic carbocycles. The van der Waals surface area contributed by atoms with Crippen molar-refractivity contribution < 1.29 is 4.79 Å². The summed E-state index contributed by atoms with van der Waals surface area (Å²) in [5.41, 5.74) is 6.01. The molecule has 4 aromatic rings. The molecule has 1 aliphatic carbocycles. The molecule has 0 N–H and O–H groups in total. The number of halogens is 1. The Bertz CT molecular complexity index is 1860. The molecule has 1 aliphatic heterocycles. The number of pyridine rings is 1. The lowest BCUT2D eigenvalue weighted by atomic mass is 9.94. The van der Waals surface area contributed by atoms with Gasteiger partial charge in [-0.25, -0.2) is 4.85 Å². The lowest BCUT2D eigenvalue weighted by molar-refractivity contribution is -0.126. The number of anilines is 1. The monoisotopic (exact) mass is 590 g/mol. The molecule has 6 rings (SSSR count). The van der Waals surface area contributed by atoms with E-state index in [0.29, 0.717) is 41.8 Å². The average molecular weight is 591 g/mol. The van der Waals surface area contributed by atoms with E-state index >= 15 is 0 Å². The van der Waals surface area contributed by atoms with Crippen molar-refractivity contribution in [3.05, 3.63) is 111 Å². The van der Waals surface area contributed by atoms with Crippen molar-refractivity contribution >= 4 is 39.8 Å². The molecule has 0 bridgehead atoms. The number of piperazine rings is 1. The quantitative estimate of drug-likeness (QED) is 0.168. The Morgan fingerprint density at radius 3 is 2.47 bits per heavy atom. The molecule has 0 unspecified atom stereocenters. The molecule has 0 spiro atoms. The average Bonchev–Trinajstić information content (AvgIpc) is 3.86. The number of carbonyl (C=O) groups is 1. The van der Waals surface area contributed by atoms with Crippen LogP contribution in [0.4, 0.5) is 11.4 Å². The normalized spacial score (nSPS) is 16.9. The van der Waals surface area contributed by atoms with Crippen molar-refractivity contribution in [2.75, 3.05) is 24.5 Å². The van der Waals surface area contributed by atoms with Crippen molar-refractivity contribution in [2.45, 2.75) is 51.5 Å². The van der Waals surface area contributed by atoms with E-state index in [1.54, 1.807) is 9.47 Å². The minimum atomic E-state index is -0.355. The maximum atomic E-state index is 14.5. The molecule has 1 aromatic heterocycles. The highest BCUT2D eigenvalue weighted by atomic mass is 35.5. The third kappa shape index (κ3) is 5.02. The van der Waals surface area contributed by atoms with E-state index in [4.69, 9.17) is 18.2 Å². The minimum Gasteiger partial charge on any atom is -0.373 e. The molecule has 1 atom stereocenters. The van der Waals surface area contributed by atoms with Gasteiger partial charge in [0.15, 0.2) is 0 Å². The predicted molar refractivity (Wildman–Crippen MR) is 176 cm³/mol. The summed E-state index contributed by atoms with van der Waals surface area (Å²) >= 11 is 7.13. The fourth-order valence-corrected chi connectivity index (χ4v) is 6.77. The second kappa shape index (κ2) is 11.4. The molecular weight excluding hydrogens is 556 g/mol. The van der Waals surface area contributed by atoms with Gasteiger partial charge in [-0.2, -0.15) is 0 Å². The van der Waals surface area contributed by atoms with Crippen molar-refractivity contribution in [3.8, 4) is 16.8 Å². The molecule has 2 heterocycles. The van der Waals surface area contributed by atoms with Crippen LogP contribution in [0.25, 0.3) is 32.6 Å². The topological polar surface area (TPSA) is 49.9 Å². The Kier molecular flexibility index (Phi) is 7.62. The molecule has 2 aliphatic rings. The smallest absolute Gasteiger partial charge is 0.274 e. The molecule has 1 saturated carbocycles. The van der Waals surface area contributed by atoms with Crippen LogP contribution in [0.3, 0.4) is 0 Å².